The van der Waals surface area contributed by atoms with E-state index < -0.39 is 0 Å². The third-order valence-electron chi connectivity index (χ3n) is 4.51. The zero-order valence-electron chi connectivity index (χ0n) is 14.6. The molecule has 6 heteroatoms. The monoisotopic (exact) mass is 351 g/mol. The molecule has 26 heavy (non-hydrogen) atoms. The van der Waals surface area contributed by atoms with E-state index in [0.717, 1.165) is 5.39 Å². The van der Waals surface area contributed by atoms with Gasteiger partial charge in [0.1, 0.15) is 16.9 Å². The smallest absolute Gasteiger partial charge is 0.303 e. The van der Waals surface area contributed by atoms with Crippen LogP contribution in [0.15, 0.2) is 57.7 Å². The van der Waals surface area contributed by atoms with Gasteiger partial charge in [-0.1, -0.05) is 12.1 Å². The van der Waals surface area contributed by atoms with E-state index in [9.17, 15) is 9.18 Å². The summed E-state index contributed by atoms with van der Waals surface area (Å²) in [5.74, 6) is 0.162. The molecule has 5 nitrogen and oxygen atoms in total. The minimum atomic E-state index is -0.357. The topological polar surface area (TPSA) is 51.3 Å². The van der Waals surface area contributed by atoms with Gasteiger partial charge >= 0.3 is 5.56 Å². The van der Waals surface area contributed by atoms with Gasteiger partial charge in [0, 0.05) is 18.5 Å². The van der Waals surface area contributed by atoms with Crippen LogP contribution in [0.2, 0.25) is 0 Å². The van der Waals surface area contributed by atoms with E-state index >= 15 is 0 Å². The number of anilines is 1. The summed E-state index contributed by atoms with van der Waals surface area (Å²) in [6, 6.07) is 13.3. The van der Waals surface area contributed by atoms with Crippen LogP contribution in [0, 0.1) is 5.82 Å². The van der Waals surface area contributed by atoms with Crippen LogP contribution in [-0.2, 0) is 0 Å². The third-order valence-corrected chi connectivity index (χ3v) is 4.51. The Hall–Kier alpha value is -3.15. The predicted octanol–water partition coefficient (Wildman–Crippen LogP) is 4.12. The number of aromatic nitrogens is 2. The maximum atomic E-state index is 13.4. The number of fused-ring (bicyclic) bond motifs is 3. The normalized spacial score (nSPS) is 11.3. The molecule has 0 unspecified atom stereocenters. The average molecular weight is 351 g/mol. The highest BCUT2D eigenvalue weighted by atomic mass is 19.1. The van der Waals surface area contributed by atoms with E-state index in [2.05, 4.69) is 0 Å². The zero-order valence-corrected chi connectivity index (χ0v) is 14.6. The maximum absolute atomic E-state index is 13.4. The summed E-state index contributed by atoms with van der Waals surface area (Å²) < 4.78 is 20.6. The molecule has 0 atom stereocenters. The molecule has 0 saturated carbocycles. The van der Waals surface area contributed by atoms with Crippen molar-refractivity contribution < 1.29 is 8.81 Å². The lowest BCUT2D eigenvalue weighted by Crippen LogP contribution is -2.32. The van der Waals surface area contributed by atoms with Crippen LogP contribution >= 0.6 is 0 Å². The van der Waals surface area contributed by atoms with E-state index in [0.29, 0.717) is 35.8 Å². The largest absolute Gasteiger partial charge is 0.448 e. The van der Waals surface area contributed by atoms with E-state index in [1.807, 2.05) is 43.0 Å². The van der Waals surface area contributed by atoms with Crippen LogP contribution in [0.4, 0.5) is 10.3 Å². The standard InChI is InChI=1S/C20H18FN3O2/c1-3-23(4-2)20-22-17-15-7-5-6-8-16(15)26-18(17)19(25)24(20)14-11-9-13(21)10-12-14/h5-12H,3-4H2,1-2H3. The summed E-state index contributed by atoms with van der Waals surface area (Å²) in [6.07, 6.45) is 0. The lowest BCUT2D eigenvalue weighted by molar-refractivity contribution is 0.627. The Balaban J connectivity index is 2.12. The molecule has 2 aromatic carbocycles. The fraction of sp³-hybridized carbons (Fsp3) is 0.200. The number of hydrogen-bond donors (Lipinski definition) is 0. The van der Waals surface area contributed by atoms with Gasteiger partial charge in [-0.05, 0) is 50.2 Å². The molecule has 0 aliphatic rings. The van der Waals surface area contributed by atoms with Crippen LogP contribution in [-0.4, -0.2) is 22.6 Å². The maximum Gasteiger partial charge on any atom is 0.303 e. The Morgan fingerprint density at radius 2 is 1.77 bits per heavy atom. The van der Waals surface area contributed by atoms with Crippen molar-refractivity contribution in [2.75, 3.05) is 18.0 Å². The highest BCUT2D eigenvalue weighted by Crippen LogP contribution is 2.28. The molecule has 4 aromatic rings. The predicted molar refractivity (Wildman–Crippen MR) is 101 cm³/mol. The Labute approximate surface area is 149 Å². The minimum Gasteiger partial charge on any atom is -0.448 e. The van der Waals surface area contributed by atoms with E-state index in [1.165, 1.54) is 16.7 Å². The molecule has 0 N–H and O–H groups in total. The Bertz CT molecular complexity index is 1140. The summed E-state index contributed by atoms with van der Waals surface area (Å²) in [7, 11) is 0. The second-order valence-electron chi connectivity index (χ2n) is 5.98. The van der Waals surface area contributed by atoms with Gasteiger partial charge < -0.3 is 9.32 Å². The number of rotatable bonds is 4. The Kier molecular flexibility index (Phi) is 3.95. The van der Waals surface area contributed by atoms with E-state index in [4.69, 9.17) is 9.40 Å². The van der Waals surface area contributed by atoms with Gasteiger partial charge in [-0.15, -0.1) is 0 Å². The van der Waals surface area contributed by atoms with E-state index in [-0.39, 0.29) is 17.0 Å². The first kappa shape index (κ1) is 16.3. The lowest BCUT2D eigenvalue weighted by atomic mass is 10.2. The highest BCUT2D eigenvalue weighted by Gasteiger charge is 2.21. The van der Waals surface area contributed by atoms with E-state index in [1.54, 1.807) is 12.1 Å². The van der Waals surface area contributed by atoms with Crippen molar-refractivity contribution in [1.82, 2.24) is 9.55 Å². The number of benzene rings is 2. The fourth-order valence-electron chi connectivity index (χ4n) is 3.17. The van der Waals surface area contributed by atoms with Crippen LogP contribution in [0.5, 0.6) is 0 Å². The van der Waals surface area contributed by atoms with Crippen molar-refractivity contribution >= 4 is 28.0 Å². The highest BCUT2D eigenvalue weighted by molar-refractivity contribution is 6.02. The fourth-order valence-corrected chi connectivity index (χ4v) is 3.17. The molecule has 0 bridgehead atoms. The first-order chi connectivity index (χ1) is 12.6. The molecule has 0 fully saturated rings. The van der Waals surface area contributed by atoms with Crippen LogP contribution in [0.3, 0.4) is 0 Å². The lowest BCUT2D eigenvalue weighted by Gasteiger charge is -2.23. The molecule has 2 heterocycles. The van der Waals surface area contributed by atoms with Gasteiger partial charge in [0.15, 0.2) is 0 Å². The minimum absolute atomic E-state index is 0.200. The molecule has 132 valence electrons. The molecule has 4 rings (SSSR count). The zero-order chi connectivity index (χ0) is 18.3. The van der Waals surface area contributed by atoms with Gasteiger partial charge in [0.25, 0.3) is 0 Å². The molecular formula is C20H18FN3O2. The number of furan rings is 1. The summed E-state index contributed by atoms with van der Waals surface area (Å²) >= 11 is 0. The summed E-state index contributed by atoms with van der Waals surface area (Å²) in [5, 5.41) is 0.805. The SMILES string of the molecule is CCN(CC)c1nc2c(oc3ccccc32)c(=O)n1-c1ccc(F)cc1. The Morgan fingerprint density at radius 3 is 2.46 bits per heavy atom. The number of nitrogens with zero attached hydrogens (tertiary/aromatic N) is 3. The molecule has 0 spiro atoms. The van der Waals surface area contributed by atoms with Gasteiger partial charge in [-0.25, -0.2) is 13.9 Å². The molecule has 0 saturated heterocycles. The molecule has 2 aromatic heterocycles. The van der Waals surface area contributed by atoms with Gasteiger partial charge in [0.2, 0.25) is 11.5 Å². The first-order valence-corrected chi connectivity index (χ1v) is 8.59. The second kappa shape index (κ2) is 6.29. The number of hydrogen-bond acceptors (Lipinski definition) is 4. The Morgan fingerprint density at radius 1 is 1.08 bits per heavy atom. The number of para-hydroxylation sites is 1. The molecule has 0 amide bonds. The van der Waals surface area contributed by atoms with Gasteiger partial charge in [-0.3, -0.25) is 4.79 Å². The summed E-state index contributed by atoms with van der Waals surface area (Å²) in [4.78, 5) is 20.0. The quantitative estimate of drug-likeness (QED) is 0.555. The van der Waals surface area contributed by atoms with Gasteiger partial charge in [-0.2, -0.15) is 0 Å². The second-order valence-corrected chi connectivity index (χ2v) is 5.98. The summed E-state index contributed by atoms with van der Waals surface area (Å²) in [6.45, 7) is 5.38. The van der Waals surface area contributed by atoms with Crippen LogP contribution in [0.1, 0.15) is 13.8 Å². The molecule has 0 aliphatic heterocycles. The van der Waals surface area contributed by atoms with Crippen molar-refractivity contribution in [3.63, 3.8) is 0 Å². The number of halogens is 1. The van der Waals surface area contributed by atoms with Crippen molar-refractivity contribution in [2.24, 2.45) is 0 Å². The van der Waals surface area contributed by atoms with Gasteiger partial charge in [0.05, 0.1) is 5.69 Å². The molecule has 0 aliphatic carbocycles. The average Bonchev–Trinajstić information content (AvgIpc) is 3.03. The van der Waals surface area contributed by atoms with Crippen molar-refractivity contribution in [1.29, 1.82) is 0 Å². The van der Waals surface area contributed by atoms with Crippen molar-refractivity contribution in [2.45, 2.75) is 13.8 Å². The van der Waals surface area contributed by atoms with Crippen molar-refractivity contribution in [3.05, 3.63) is 64.7 Å². The first-order valence-electron chi connectivity index (χ1n) is 8.59. The van der Waals surface area contributed by atoms with Crippen molar-refractivity contribution in [3.8, 4) is 5.69 Å². The molecular weight excluding hydrogens is 333 g/mol. The summed E-state index contributed by atoms with van der Waals surface area (Å²) in [5.41, 5.74) is 1.61. The molecule has 0 radical (unpaired) electrons. The van der Waals surface area contributed by atoms with Crippen LogP contribution < -0.4 is 10.5 Å². The third kappa shape index (κ3) is 2.45. The van der Waals surface area contributed by atoms with Crippen LogP contribution in [0.25, 0.3) is 27.8 Å².